The molecule has 0 aliphatic carbocycles. The molecule has 4 aromatic rings. The van der Waals surface area contributed by atoms with E-state index in [0.29, 0.717) is 33.6 Å². The monoisotopic (exact) mass is 539 g/mol. The lowest BCUT2D eigenvalue weighted by molar-refractivity contribution is 0.102. The van der Waals surface area contributed by atoms with Crippen molar-refractivity contribution in [2.45, 2.75) is 6.92 Å². The van der Waals surface area contributed by atoms with E-state index in [1.165, 1.54) is 26.4 Å². The van der Waals surface area contributed by atoms with Crippen LogP contribution in [0.5, 0.6) is 17.2 Å². The molecule has 0 aliphatic rings. The second-order valence-electron chi connectivity index (χ2n) is 8.11. The molecule has 0 aliphatic heterocycles. The first kappa shape index (κ1) is 26.9. The third-order valence-corrected chi connectivity index (χ3v) is 7.09. The first-order chi connectivity index (χ1) is 18.2. The number of amides is 1. The summed E-state index contributed by atoms with van der Waals surface area (Å²) >= 11 is 0. The van der Waals surface area contributed by atoms with Crippen LogP contribution in [-0.4, -0.2) is 34.3 Å². The van der Waals surface area contributed by atoms with Gasteiger partial charge in [0.25, 0.3) is 5.91 Å². The molecule has 1 aromatic heterocycles. The molecule has 0 radical (unpaired) electrons. The molecule has 0 bridgehead atoms. The minimum Gasteiger partial charge on any atom is -0.497 e. The fraction of sp³-hybridized carbons (Fsp3) is 0.185. The van der Waals surface area contributed by atoms with Crippen LogP contribution in [0.1, 0.15) is 15.9 Å². The fourth-order valence-corrected chi connectivity index (χ4v) is 4.51. The van der Waals surface area contributed by atoms with E-state index in [-0.39, 0.29) is 17.0 Å². The third kappa shape index (κ3) is 5.57. The molecule has 0 unspecified atom stereocenters. The average Bonchev–Trinajstić information content (AvgIpc) is 2.93. The Morgan fingerprint density at radius 2 is 1.66 bits per heavy atom. The molecule has 11 heteroatoms. The zero-order chi connectivity index (χ0) is 27.4. The van der Waals surface area contributed by atoms with Crippen molar-refractivity contribution < 1.29 is 36.8 Å². The number of phosphoric ester groups is 1. The van der Waals surface area contributed by atoms with Crippen LogP contribution < -0.4 is 24.9 Å². The fourth-order valence-electron chi connectivity index (χ4n) is 3.78. The Morgan fingerprint density at radius 1 is 0.895 bits per heavy atom. The number of hydrogen-bond donors (Lipinski definition) is 1. The molecular formula is C27H26NO9P. The maximum absolute atomic E-state index is 13.1. The average molecular weight is 539 g/mol. The number of anilines is 1. The van der Waals surface area contributed by atoms with Crippen molar-refractivity contribution >= 4 is 30.4 Å². The van der Waals surface area contributed by atoms with Crippen molar-refractivity contribution in [1.82, 2.24) is 0 Å². The normalized spacial score (nSPS) is 11.3. The van der Waals surface area contributed by atoms with Crippen molar-refractivity contribution in [2.24, 2.45) is 0 Å². The summed E-state index contributed by atoms with van der Waals surface area (Å²) in [6.07, 6.45) is 0. The Hall–Kier alpha value is -4.11. The van der Waals surface area contributed by atoms with Gasteiger partial charge in [-0.1, -0.05) is 12.1 Å². The zero-order valence-corrected chi connectivity index (χ0v) is 22.3. The van der Waals surface area contributed by atoms with Gasteiger partial charge >= 0.3 is 13.4 Å². The lowest BCUT2D eigenvalue weighted by Crippen LogP contribution is -2.18. The largest absolute Gasteiger partial charge is 0.529 e. The van der Waals surface area contributed by atoms with Crippen molar-refractivity contribution in [3.05, 3.63) is 82.2 Å². The number of hydrogen-bond acceptors (Lipinski definition) is 9. The number of carbonyl (C=O) groups excluding carboxylic acids is 1. The van der Waals surface area contributed by atoms with Gasteiger partial charge in [-0.15, -0.1) is 0 Å². The van der Waals surface area contributed by atoms with Gasteiger partial charge in [0.15, 0.2) is 0 Å². The van der Waals surface area contributed by atoms with E-state index in [4.69, 9.17) is 27.5 Å². The number of methoxy groups -OCH3 is 2. The van der Waals surface area contributed by atoms with E-state index in [1.54, 1.807) is 45.4 Å². The second-order valence-corrected chi connectivity index (χ2v) is 9.92. The zero-order valence-electron chi connectivity index (χ0n) is 21.4. The Kier molecular flexibility index (Phi) is 7.87. The highest BCUT2D eigenvalue weighted by Gasteiger charge is 2.26. The minimum atomic E-state index is -3.81. The smallest absolute Gasteiger partial charge is 0.497 e. The Morgan fingerprint density at radius 3 is 2.34 bits per heavy atom. The first-order valence-electron chi connectivity index (χ1n) is 11.3. The van der Waals surface area contributed by atoms with Gasteiger partial charge < -0.3 is 23.7 Å². The van der Waals surface area contributed by atoms with Gasteiger partial charge in [0.05, 0.1) is 14.2 Å². The molecule has 4 rings (SSSR count). The van der Waals surface area contributed by atoms with E-state index in [9.17, 15) is 14.2 Å². The van der Waals surface area contributed by atoms with Crippen molar-refractivity contribution in [3.8, 4) is 28.4 Å². The molecule has 1 heterocycles. The molecule has 0 atom stereocenters. The number of nitrogens with one attached hydrogen (secondary N) is 1. The summed E-state index contributed by atoms with van der Waals surface area (Å²) in [6, 6.07) is 16.9. The molecule has 0 saturated heterocycles. The van der Waals surface area contributed by atoms with Gasteiger partial charge in [0.2, 0.25) is 0 Å². The van der Waals surface area contributed by atoms with Crippen LogP contribution in [0.4, 0.5) is 5.69 Å². The SMILES string of the molecule is COc1cccc(-c2cc(C(=O)Nc3cc4cc(C)c(OP(=O)(OC)OC)cc4oc3=O)ccc2OC)c1. The number of fused-ring (bicyclic) bond motifs is 1. The van der Waals surface area contributed by atoms with Gasteiger partial charge in [-0.05, 0) is 60.5 Å². The summed E-state index contributed by atoms with van der Waals surface area (Å²) < 4.78 is 43.5. The minimum absolute atomic E-state index is 0.0474. The number of phosphoric acid groups is 1. The lowest BCUT2D eigenvalue weighted by Gasteiger charge is -2.16. The molecule has 10 nitrogen and oxygen atoms in total. The number of rotatable bonds is 9. The van der Waals surface area contributed by atoms with Crippen LogP contribution >= 0.6 is 7.82 Å². The predicted octanol–water partition coefficient (Wildman–Crippen LogP) is 5.82. The van der Waals surface area contributed by atoms with Crippen LogP contribution in [0.25, 0.3) is 22.1 Å². The van der Waals surface area contributed by atoms with Gasteiger partial charge in [0.1, 0.15) is 28.5 Å². The van der Waals surface area contributed by atoms with Gasteiger partial charge in [0, 0.05) is 36.8 Å². The third-order valence-electron chi connectivity index (χ3n) is 5.78. The summed E-state index contributed by atoms with van der Waals surface area (Å²) in [5.41, 5.74) is 1.70. The van der Waals surface area contributed by atoms with Crippen molar-refractivity contribution in [1.29, 1.82) is 0 Å². The summed E-state index contributed by atoms with van der Waals surface area (Å²) in [6.45, 7) is 1.71. The lowest BCUT2D eigenvalue weighted by atomic mass is 10.0. The van der Waals surface area contributed by atoms with Crippen molar-refractivity contribution in [2.75, 3.05) is 33.8 Å². The maximum atomic E-state index is 13.1. The van der Waals surface area contributed by atoms with E-state index in [0.717, 1.165) is 5.56 Å². The van der Waals surface area contributed by atoms with Crippen LogP contribution in [0, 0.1) is 6.92 Å². The Bertz CT molecular complexity index is 1600. The van der Waals surface area contributed by atoms with E-state index in [2.05, 4.69) is 5.32 Å². The van der Waals surface area contributed by atoms with Crippen LogP contribution in [-0.2, 0) is 13.6 Å². The molecule has 38 heavy (non-hydrogen) atoms. The van der Waals surface area contributed by atoms with Gasteiger partial charge in [-0.3, -0.25) is 13.8 Å². The van der Waals surface area contributed by atoms with E-state index in [1.807, 2.05) is 24.3 Å². The number of benzene rings is 3. The van der Waals surface area contributed by atoms with Crippen LogP contribution in [0.15, 0.2) is 69.9 Å². The summed E-state index contributed by atoms with van der Waals surface area (Å²) in [7, 11) is 1.69. The molecule has 1 N–H and O–H groups in total. The molecular weight excluding hydrogens is 513 g/mol. The van der Waals surface area contributed by atoms with Crippen molar-refractivity contribution in [3.63, 3.8) is 0 Å². The molecule has 0 spiro atoms. The summed E-state index contributed by atoms with van der Waals surface area (Å²) in [4.78, 5) is 25.8. The molecule has 0 saturated carbocycles. The standard InChI is InChI=1S/C27H26NO9P/c1-16-11-19-14-22(27(30)36-25(19)15-24(16)37-38(31,34-4)35-5)28-26(29)18-9-10-23(33-3)21(13-18)17-7-6-8-20(12-17)32-2/h6-15H,1-5H3,(H,28,29). The summed E-state index contributed by atoms with van der Waals surface area (Å²) in [5.74, 6) is 0.873. The van der Waals surface area contributed by atoms with E-state index >= 15 is 0 Å². The van der Waals surface area contributed by atoms with Crippen LogP contribution in [0.2, 0.25) is 0 Å². The highest BCUT2D eigenvalue weighted by Crippen LogP contribution is 2.49. The maximum Gasteiger partial charge on any atom is 0.529 e. The highest BCUT2D eigenvalue weighted by molar-refractivity contribution is 7.48. The molecule has 198 valence electrons. The Balaban J connectivity index is 1.65. The van der Waals surface area contributed by atoms with E-state index < -0.39 is 19.4 Å². The highest BCUT2D eigenvalue weighted by atomic mass is 31.2. The Labute approximate surface area is 218 Å². The predicted molar refractivity (Wildman–Crippen MR) is 142 cm³/mol. The number of carbonyl (C=O) groups is 1. The second kappa shape index (κ2) is 11.1. The first-order valence-corrected chi connectivity index (χ1v) is 12.8. The topological polar surface area (TPSA) is 123 Å². The molecule has 1 amide bonds. The summed E-state index contributed by atoms with van der Waals surface area (Å²) in [5, 5.41) is 3.14. The van der Waals surface area contributed by atoms with Crippen LogP contribution in [0.3, 0.4) is 0 Å². The quantitative estimate of drug-likeness (QED) is 0.207. The number of aryl methyl sites for hydroxylation is 1. The molecule has 3 aromatic carbocycles. The van der Waals surface area contributed by atoms with Gasteiger partial charge in [-0.25, -0.2) is 9.36 Å². The number of ether oxygens (including phenoxy) is 2. The molecule has 0 fully saturated rings. The van der Waals surface area contributed by atoms with Gasteiger partial charge in [-0.2, -0.15) is 0 Å².